The summed E-state index contributed by atoms with van der Waals surface area (Å²) in [4.78, 5) is 15.7. The lowest BCUT2D eigenvalue weighted by Gasteiger charge is -2.13. The van der Waals surface area contributed by atoms with Gasteiger partial charge in [0.2, 0.25) is 5.91 Å². The van der Waals surface area contributed by atoms with Crippen molar-refractivity contribution >= 4 is 53.5 Å². The molecule has 150 valence electrons. The summed E-state index contributed by atoms with van der Waals surface area (Å²) in [6.07, 6.45) is 1.91. The van der Waals surface area contributed by atoms with Crippen LogP contribution in [-0.2, 0) is 11.2 Å². The Morgan fingerprint density at radius 3 is 2.20 bits per heavy atom. The Hall–Kier alpha value is -3.15. The summed E-state index contributed by atoms with van der Waals surface area (Å²) in [7, 11) is 1.68. The molecule has 0 saturated carbocycles. The maximum absolute atomic E-state index is 11.7. The number of aliphatic imine (C=N–C) groups is 1. The molecule has 7 heteroatoms. The highest BCUT2D eigenvalue weighted by molar-refractivity contribution is 6.46. The third-order valence-corrected chi connectivity index (χ3v) is 5.81. The molecule has 1 aliphatic rings. The van der Waals surface area contributed by atoms with Crippen molar-refractivity contribution < 1.29 is 4.79 Å². The van der Waals surface area contributed by atoms with Crippen molar-refractivity contribution in [2.45, 2.75) is 6.42 Å². The standard InChI is InChI=1S/C23H18Cl2N4O/c1-26-13-29(27-2)18-9-7-15(8-10-18)14-3-5-16(6-4-14)19-11-17-12-20(30)28-23(17)22(25)21(19)24/h3-11,13H,2,12H2,1H3,(H,28,30). The van der Waals surface area contributed by atoms with Crippen molar-refractivity contribution in [1.29, 1.82) is 0 Å². The molecule has 0 atom stereocenters. The van der Waals surface area contributed by atoms with Gasteiger partial charge >= 0.3 is 0 Å². The summed E-state index contributed by atoms with van der Waals surface area (Å²) in [5, 5.41) is 9.11. The number of hydrogen-bond acceptors (Lipinski definition) is 3. The van der Waals surface area contributed by atoms with Crippen LogP contribution in [0, 0.1) is 0 Å². The zero-order valence-electron chi connectivity index (χ0n) is 16.2. The van der Waals surface area contributed by atoms with Crippen LogP contribution in [0.2, 0.25) is 10.0 Å². The summed E-state index contributed by atoms with van der Waals surface area (Å²) in [6.45, 7) is 3.56. The number of benzene rings is 3. The van der Waals surface area contributed by atoms with Crippen LogP contribution in [0.3, 0.4) is 0 Å². The fourth-order valence-corrected chi connectivity index (χ4v) is 3.99. The van der Waals surface area contributed by atoms with Gasteiger partial charge in [-0.05, 0) is 40.5 Å². The zero-order chi connectivity index (χ0) is 21.3. The van der Waals surface area contributed by atoms with E-state index in [9.17, 15) is 4.79 Å². The van der Waals surface area contributed by atoms with Crippen molar-refractivity contribution in [1.82, 2.24) is 0 Å². The molecule has 1 amide bonds. The van der Waals surface area contributed by atoms with Crippen LogP contribution in [0.25, 0.3) is 22.3 Å². The maximum Gasteiger partial charge on any atom is 0.228 e. The maximum atomic E-state index is 11.7. The highest BCUT2D eigenvalue weighted by atomic mass is 35.5. The van der Waals surface area contributed by atoms with Crippen LogP contribution in [0.1, 0.15) is 5.56 Å². The van der Waals surface area contributed by atoms with Gasteiger partial charge in [-0.25, -0.2) is 5.01 Å². The molecule has 3 aromatic rings. The number of nitrogens with one attached hydrogen (secondary N) is 1. The van der Waals surface area contributed by atoms with Gasteiger partial charge in [0.1, 0.15) is 6.34 Å². The first-order chi connectivity index (χ1) is 14.5. The van der Waals surface area contributed by atoms with E-state index in [2.05, 4.69) is 22.1 Å². The molecule has 1 aliphatic heterocycles. The molecule has 3 aromatic carbocycles. The molecule has 0 saturated heterocycles. The van der Waals surface area contributed by atoms with Gasteiger partial charge in [0, 0.05) is 19.3 Å². The van der Waals surface area contributed by atoms with Gasteiger partial charge in [-0.3, -0.25) is 9.79 Å². The minimum atomic E-state index is -0.0747. The Morgan fingerprint density at radius 1 is 1.00 bits per heavy atom. The molecule has 0 fully saturated rings. The van der Waals surface area contributed by atoms with Gasteiger partial charge in [-0.2, -0.15) is 5.10 Å². The molecular formula is C23H18Cl2N4O. The highest BCUT2D eigenvalue weighted by Gasteiger charge is 2.24. The monoisotopic (exact) mass is 436 g/mol. The SMILES string of the molecule is C=NN(C=NC)c1ccc(-c2ccc(-c3cc4c(c(Cl)c3Cl)NC(=O)C4)cc2)cc1. The van der Waals surface area contributed by atoms with E-state index in [-0.39, 0.29) is 5.91 Å². The average molecular weight is 437 g/mol. The molecule has 0 bridgehead atoms. The minimum absolute atomic E-state index is 0.0747. The van der Waals surface area contributed by atoms with Crippen LogP contribution in [0.4, 0.5) is 11.4 Å². The molecule has 0 spiro atoms. The smallest absolute Gasteiger partial charge is 0.228 e. The molecule has 0 radical (unpaired) electrons. The lowest BCUT2D eigenvalue weighted by atomic mass is 9.98. The van der Waals surface area contributed by atoms with Gasteiger partial charge in [-0.15, -0.1) is 0 Å². The van der Waals surface area contributed by atoms with Gasteiger partial charge in [0.05, 0.1) is 27.8 Å². The second-order valence-corrected chi connectivity index (χ2v) is 7.55. The Labute approximate surface area is 184 Å². The van der Waals surface area contributed by atoms with Crippen molar-refractivity contribution in [3.63, 3.8) is 0 Å². The summed E-state index contributed by atoms with van der Waals surface area (Å²) in [5.41, 5.74) is 6.22. The third-order valence-electron chi connectivity index (χ3n) is 4.94. The molecule has 0 unspecified atom stereocenters. The van der Waals surface area contributed by atoms with Crippen LogP contribution in [-0.4, -0.2) is 26.0 Å². The number of carbonyl (C=O) groups excluding carboxylic acids is 1. The number of nitrogens with zero attached hydrogens (tertiary/aromatic N) is 3. The molecule has 4 rings (SSSR count). The van der Waals surface area contributed by atoms with Crippen LogP contribution in [0.15, 0.2) is 64.7 Å². The molecule has 30 heavy (non-hydrogen) atoms. The van der Waals surface area contributed by atoms with Crippen LogP contribution < -0.4 is 10.3 Å². The average Bonchev–Trinajstić information content (AvgIpc) is 3.15. The van der Waals surface area contributed by atoms with Gasteiger partial charge in [-0.1, -0.05) is 59.6 Å². The zero-order valence-corrected chi connectivity index (χ0v) is 17.7. The number of halogens is 2. The fourth-order valence-electron chi connectivity index (χ4n) is 3.46. The Kier molecular flexibility index (Phi) is 5.57. The van der Waals surface area contributed by atoms with E-state index in [1.165, 1.54) is 0 Å². The van der Waals surface area contributed by atoms with Crippen molar-refractivity contribution in [3.8, 4) is 22.3 Å². The Balaban J connectivity index is 1.63. The molecule has 0 aromatic heterocycles. The lowest BCUT2D eigenvalue weighted by Crippen LogP contribution is -2.12. The third kappa shape index (κ3) is 3.70. The number of hydrazone groups is 1. The predicted molar refractivity (Wildman–Crippen MR) is 126 cm³/mol. The topological polar surface area (TPSA) is 57.1 Å². The Morgan fingerprint density at radius 2 is 1.60 bits per heavy atom. The first-order valence-electron chi connectivity index (χ1n) is 9.21. The van der Waals surface area contributed by atoms with Crippen LogP contribution >= 0.6 is 23.2 Å². The number of anilines is 2. The molecule has 1 heterocycles. The predicted octanol–water partition coefficient (Wildman–Crippen LogP) is 5.90. The van der Waals surface area contributed by atoms with Gasteiger partial charge in [0.15, 0.2) is 0 Å². The number of hydrogen-bond donors (Lipinski definition) is 1. The first-order valence-corrected chi connectivity index (χ1v) is 9.97. The van der Waals surface area contributed by atoms with Crippen molar-refractivity contribution in [2.24, 2.45) is 10.1 Å². The second kappa shape index (κ2) is 8.30. The van der Waals surface area contributed by atoms with E-state index in [0.717, 1.165) is 33.5 Å². The number of amides is 1. The first kappa shape index (κ1) is 20.1. The van der Waals surface area contributed by atoms with Crippen LogP contribution in [0.5, 0.6) is 0 Å². The molecule has 0 aliphatic carbocycles. The van der Waals surface area contributed by atoms with Gasteiger partial charge < -0.3 is 5.32 Å². The summed E-state index contributed by atoms with van der Waals surface area (Å²) in [6, 6.07) is 17.9. The molecule has 1 N–H and O–H groups in total. The largest absolute Gasteiger partial charge is 0.324 e. The molecule has 5 nitrogen and oxygen atoms in total. The van der Waals surface area contributed by atoms with E-state index in [0.29, 0.717) is 22.2 Å². The number of carbonyl (C=O) groups is 1. The van der Waals surface area contributed by atoms with E-state index in [1.54, 1.807) is 18.4 Å². The number of fused-ring (bicyclic) bond motifs is 1. The minimum Gasteiger partial charge on any atom is -0.324 e. The quantitative estimate of drug-likeness (QED) is 0.307. The van der Waals surface area contributed by atoms with E-state index < -0.39 is 0 Å². The summed E-state index contributed by atoms with van der Waals surface area (Å²) >= 11 is 12.9. The fraction of sp³-hybridized carbons (Fsp3) is 0.0870. The Bertz CT molecular complexity index is 1160. The summed E-state index contributed by atoms with van der Waals surface area (Å²) < 4.78 is 0. The van der Waals surface area contributed by atoms with E-state index >= 15 is 0 Å². The van der Waals surface area contributed by atoms with Crippen molar-refractivity contribution in [2.75, 3.05) is 17.4 Å². The highest BCUT2D eigenvalue weighted by Crippen LogP contribution is 2.43. The number of rotatable bonds is 5. The molecular weight excluding hydrogens is 419 g/mol. The van der Waals surface area contributed by atoms with E-state index in [4.69, 9.17) is 23.2 Å². The summed E-state index contributed by atoms with van der Waals surface area (Å²) in [5.74, 6) is -0.0747. The second-order valence-electron chi connectivity index (χ2n) is 6.80. The normalized spacial score (nSPS) is 12.7. The van der Waals surface area contributed by atoms with Crippen molar-refractivity contribution in [3.05, 3.63) is 70.2 Å². The van der Waals surface area contributed by atoms with Gasteiger partial charge in [0.25, 0.3) is 0 Å². The van der Waals surface area contributed by atoms with E-state index in [1.807, 2.05) is 54.6 Å². The lowest BCUT2D eigenvalue weighted by molar-refractivity contribution is -0.115.